The molecule has 7 heteroatoms. The molecule has 4 rings (SSSR count). The predicted octanol–water partition coefficient (Wildman–Crippen LogP) is 2.63. The van der Waals surface area contributed by atoms with E-state index in [1.807, 2.05) is 36.4 Å². The van der Waals surface area contributed by atoms with Crippen molar-refractivity contribution in [2.24, 2.45) is 0 Å². The average molecular weight is 351 g/mol. The molecule has 0 saturated carbocycles. The molecular formula is C18H13N3O3S. The van der Waals surface area contributed by atoms with Gasteiger partial charge in [-0.05, 0) is 24.3 Å². The fourth-order valence-electron chi connectivity index (χ4n) is 2.40. The zero-order valence-electron chi connectivity index (χ0n) is 13.2. The third-order valence-corrected chi connectivity index (χ3v) is 4.56. The van der Waals surface area contributed by atoms with E-state index in [9.17, 15) is 4.79 Å². The van der Waals surface area contributed by atoms with E-state index in [1.165, 1.54) is 15.9 Å². The molecule has 4 aromatic rings. The van der Waals surface area contributed by atoms with Crippen molar-refractivity contribution in [3.63, 3.8) is 0 Å². The van der Waals surface area contributed by atoms with E-state index < -0.39 is 0 Å². The minimum atomic E-state index is -0.199. The van der Waals surface area contributed by atoms with Gasteiger partial charge < -0.3 is 9.15 Å². The van der Waals surface area contributed by atoms with Crippen LogP contribution in [-0.4, -0.2) is 21.7 Å². The van der Waals surface area contributed by atoms with Crippen molar-refractivity contribution in [2.45, 2.75) is 0 Å². The van der Waals surface area contributed by atoms with Gasteiger partial charge in [-0.3, -0.25) is 4.79 Å². The van der Waals surface area contributed by atoms with E-state index in [4.69, 9.17) is 9.15 Å². The van der Waals surface area contributed by atoms with Crippen LogP contribution in [0.15, 0.2) is 57.9 Å². The third-order valence-electron chi connectivity index (χ3n) is 3.59. The average Bonchev–Trinajstić information content (AvgIpc) is 3.34. The fraction of sp³-hybridized carbons (Fsp3) is 0.0556. The molecule has 0 aliphatic rings. The number of methoxy groups -OCH3 is 1. The van der Waals surface area contributed by atoms with Crippen LogP contribution in [0.2, 0.25) is 0 Å². The van der Waals surface area contributed by atoms with Crippen LogP contribution in [0.3, 0.4) is 0 Å². The lowest BCUT2D eigenvalue weighted by Crippen LogP contribution is -2.23. The molecule has 0 atom stereocenters. The second kappa shape index (κ2) is 6.37. The van der Waals surface area contributed by atoms with Crippen LogP contribution in [0.5, 0.6) is 5.75 Å². The molecule has 0 spiro atoms. The summed E-state index contributed by atoms with van der Waals surface area (Å²) in [7, 11) is 1.63. The molecule has 1 aromatic carbocycles. The van der Waals surface area contributed by atoms with Crippen LogP contribution < -0.4 is 14.8 Å². The second-order valence-corrected chi connectivity index (χ2v) is 6.16. The number of benzene rings is 1. The summed E-state index contributed by atoms with van der Waals surface area (Å²) < 4.78 is 12.4. The molecule has 0 unspecified atom stereocenters. The van der Waals surface area contributed by atoms with Crippen molar-refractivity contribution in [2.75, 3.05) is 7.11 Å². The number of allylic oxidation sites excluding steroid dienone is 1. The van der Waals surface area contributed by atoms with E-state index in [-0.39, 0.29) is 5.56 Å². The summed E-state index contributed by atoms with van der Waals surface area (Å²) in [5, 5.41) is 4.21. The molecule has 0 amide bonds. The highest BCUT2D eigenvalue weighted by Crippen LogP contribution is 2.19. The molecule has 0 aliphatic carbocycles. The summed E-state index contributed by atoms with van der Waals surface area (Å²) in [4.78, 5) is 17.3. The normalized spacial score (nSPS) is 12.4. The number of rotatable bonds is 4. The topological polar surface area (TPSA) is 69.6 Å². The molecule has 25 heavy (non-hydrogen) atoms. The first-order chi connectivity index (χ1) is 12.3. The van der Waals surface area contributed by atoms with Gasteiger partial charge in [0.2, 0.25) is 10.8 Å². The van der Waals surface area contributed by atoms with Gasteiger partial charge in [-0.1, -0.05) is 41.7 Å². The summed E-state index contributed by atoms with van der Waals surface area (Å²) in [5.41, 5.74) is 0.739. The van der Waals surface area contributed by atoms with Crippen LogP contribution in [0.25, 0.3) is 28.7 Å². The molecule has 0 bridgehead atoms. The maximum absolute atomic E-state index is 12.4. The fourth-order valence-corrected chi connectivity index (χ4v) is 3.26. The highest BCUT2D eigenvalue weighted by atomic mass is 32.1. The van der Waals surface area contributed by atoms with Crippen LogP contribution >= 0.6 is 11.3 Å². The van der Waals surface area contributed by atoms with Crippen molar-refractivity contribution in [3.05, 3.63) is 69.2 Å². The molecule has 3 heterocycles. The van der Waals surface area contributed by atoms with Crippen molar-refractivity contribution >= 4 is 28.4 Å². The minimum absolute atomic E-state index is 0.199. The quantitative estimate of drug-likeness (QED) is 0.565. The van der Waals surface area contributed by atoms with Crippen LogP contribution in [0.1, 0.15) is 5.56 Å². The van der Waals surface area contributed by atoms with E-state index in [2.05, 4.69) is 10.1 Å². The summed E-state index contributed by atoms with van der Waals surface area (Å²) in [6.45, 7) is 0. The van der Waals surface area contributed by atoms with Gasteiger partial charge in [0.25, 0.3) is 5.56 Å². The highest BCUT2D eigenvalue weighted by molar-refractivity contribution is 7.15. The van der Waals surface area contributed by atoms with Gasteiger partial charge in [0, 0.05) is 5.56 Å². The lowest BCUT2D eigenvalue weighted by Gasteiger charge is -2.02. The van der Waals surface area contributed by atoms with Crippen molar-refractivity contribution in [3.8, 4) is 17.3 Å². The van der Waals surface area contributed by atoms with Gasteiger partial charge in [-0.25, -0.2) is 0 Å². The molecule has 0 radical (unpaired) electrons. The van der Waals surface area contributed by atoms with E-state index in [1.54, 1.807) is 31.6 Å². The Labute approximate surface area is 146 Å². The number of para-hydroxylation sites is 1. The third kappa shape index (κ3) is 2.85. The Bertz CT molecular complexity index is 1160. The zero-order valence-corrected chi connectivity index (χ0v) is 14.1. The second-order valence-electron chi connectivity index (χ2n) is 5.15. The summed E-state index contributed by atoms with van der Waals surface area (Å²) in [6, 6.07) is 11.2. The predicted molar refractivity (Wildman–Crippen MR) is 96.5 cm³/mol. The van der Waals surface area contributed by atoms with Crippen LogP contribution in [0, 0.1) is 0 Å². The zero-order chi connectivity index (χ0) is 17.2. The smallest absolute Gasteiger partial charge is 0.291 e. The largest absolute Gasteiger partial charge is 0.496 e. The van der Waals surface area contributed by atoms with E-state index in [0.29, 0.717) is 21.1 Å². The molecule has 0 fully saturated rings. The summed E-state index contributed by atoms with van der Waals surface area (Å²) in [6.07, 6.45) is 7.01. The number of ether oxygens (including phenoxy) is 1. The molecule has 0 N–H and O–H groups in total. The van der Waals surface area contributed by atoms with Gasteiger partial charge in [0.15, 0.2) is 5.76 Å². The molecule has 124 valence electrons. The number of hydrogen-bond acceptors (Lipinski definition) is 6. The maximum atomic E-state index is 12.4. The number of fused-ring (bicyclic) bond motifs is 1. The number of thiazole rings is 1. The molecule has 3 aromatic heterocycles. The molecular weight excluding hydrogens is 338 g/mol. The monoisotopic (exact) mass is 351 g/mol. The lowest BCUT2D eigenvalue weighted by molar-refractivity contribution is 0.414. The Kier molecular flexibility index (Phi) is 3.91. The van der Waals surface area contributed by atoms with Gasteiger partial charge in [-0.2, -0.15) is 9.50 Å². The van der Waals surface area contributed by atoms with Gasteiger partial charge in [0.05, 0.1) is 17.9 Å². The summed E-state index contributed by atoms with van der Waals surface area (Å²) >= 11 is 1.28. The minimum Gasteiger partial charge on any atom is -0.496 e. The number of hydrogen-bond donors (Lipinski definition) is 0. The Balaban J connectivity index is 1.69. The van der Waals surface area contributed by atoms with Crippen molar-refractivity contribution in [1.29, 1.82) is 0 Å². The van der Waals surface area contributed by atoms with Crippen molar-refractivity contribution in [1.82, 2.24) is 14.6 Å². The standard InChI is InChI=1S/C18H13N3O3S/c1-23-13-8-3-2-6-12(13)7-4-10-15-17(22)21-18(25-15)19-16(20-21)14-9-5-11-24-14/h2-11H,1H3/b7-4+,15-10-. The maximum Gasteiger partial charge on any atom is 0.291 e. The number of aromatic nitrogens is 3. The first kappa shape index (κ1) is 15.3. The van der Waals surface area contributed by atoms with Crippen LogP contribution in [-0.2, 0) is 0 Å². The SMILES string of the molecule is COc1ccccc1/C=C/C=c1\sc2nc(-c3ccco3)nn2c1=O. The van der Waals surface area contributed by atoms with Gasteiger partial charge in [0.1, 0.15) is 5.75 Å². The Morgan fingerprint density at radius 3 is 2.88 bits per heavy atom. The van der Waals surface area contributed by atoms with Crippen LogP contribution in [0.4, 0.5) is 0 Å². The Morgan fingerprint density at radius 1 is 1.24 bits per heavy atom. The lowest BCUT2D eigenvalue weighted by atomic mass is 10.2. The van der Waals surface area contributed by atoms with Gasteiger partial charge >= 0.3 is 0 Å². The highest BCUT2D eigenvalue weighted by Gasteiger charge is 2.12. The molecule has 0 saturated heterocycles. The first-order valence-electron chi connectivity index (χ1n) is 7.51. The summed E-state index contributed by atoms with van der Waals surface area (Å²) in [5.74, 6) is 1.72. The Hall–Kier alpha value is -3.19. The molecule has 6 nitrogen and oxygen atoms in total. The number of furan rings is 1. The van der Waals surface area contributed by atoms with E-state index >= 15 is 0 Å². The van der Waals surface area contributed by atoms with E-state index in [0.717, 1.165) is 11.3 Å². The Morgan fingerprint density at radius 2 is 2.12 bits per heavy atom. The molecule has 0 aliphatic heterocycles. The number of nitrogens with zero attached hydrogens (tertiary/aromatic N) is 3. The van der Waals surface area contributed by atoms with Gasteiger partial charge in [-0.15, -0.1) is 5.10 Å². The first-order valence-corrected chi connectivity index (χ1v) is 8.33. The van der Waals surface area contributed by atoms with Crippen molar-refractivity contribution < 1.29 is 9.15 Å².